The fraction of sp³-hybridized carbons (Fsp3) is 0.333. The molecule has 0 amide bonds. The van der Waals surface area contributed by atoms with Crippen molar-refractivity contribution in [3.63, 3.8) is 0 Å². The van der Waals surface area contributed by atoms with E-state index in [0.29, 0.717) is 54.1 Å². The second-order valence-electron chi connectivity index (χ2n) is 7.00. The molecule has 0 atom stereocenters. The van der Waals surface area contributed by atoms with Crippen molar-refractivity contribution in [2.75, 3.05) is 36.4 Å². The number of halogens is 2. The molecule has 3 aromatic rings. The zero-order valence-electron chi connectivity index (χ0n) is 16.3. The monoisotopic (exact) mass is 451 g/mol. The second-order valence-corrected chi connectivity index (χ2v) is 7.79. The zero-order valence-corrected chi connectivity index (χ0v) is 17.8. The molecule has 1 saturated heterocycles. The van der Waals surface area contributed by atoms with Crippen molar-refractivity contribution in [3.05, 3.63) is 49.9 Å². The molecular weight excluding hydrogens is 433 g/mol. The van der Waals surface area contributed by atoms with E-state index in [0.717, 1.165) is 4.57 Å². The summed E-state index contributed by atoms with van der Waals surface area (Å²) in [4.78, 5) is 35.9. The summed E-state index contributed by atoms with van der Waals surface area (Å²) in [5.41, 5.74) is 0.401. The number of piperazine rings is 1. The van der Waals surface area contributed by atoms with Crippen molar-refractivity contribution < 1.29 is 4.39 Å². The van der Waals surface area contributed by atoms with Crippen molar-refractivity contribution >= 4 is 51.7 Å². The third-order valence-corrected chi connectivity index (χ3v) is 5.77. The van der Waals surface area contributed by atoms with E-state index >= 15 is 0 Å². The molecule has 0 bridgehead atoms. The highest BCUT2D eigenvalue weighted by atomic mass is 35.5. The van der Waals surface area contributed by atoms with Crippen LogP contribution in [-0.4, -0.2) is 55.3 Å². The predicted molar refractivity (Wildman–Crippen MR) is 118 cm³/mol. The number of hydrogen-bond donors (Lipinski definition) is 2. The van der Waals surface area contributed by atoms with Crippen LogP contribution in [0.3, 0.4) is 0 Å². The summed E-state index contributed by atoms with van der Waals surface area (Å²) in [5, 5.41) is 3.60. The first kappa shape index (κ1) is 20.4. The van der Waals surface area contributed by atoms with Crippen LogP contribution >= 0.6 is 23.8 Å². The Morgan fingerprint density at radius 2 is 1.90 bits per heavy atom. The molecular formula is C18H19ClFN7O2S. The second kappa shape index (κ2) is 7.73. The zero-order chi connectivity index (χ0) is 21.6. The summed E-state index contributed by atoms with van der Waals surface area (Å²) in [6, 6.07) is 4.34. The quantitative estimate of drug-likeness (QED) is 0.567. The summed E-state index contributed by atoms with van der Waals surface area (Å²) >= 11 is 11.3. The van der Waals surface area contributed by atoms with Crippen molar-refractivity contribution in [2.24, 2.45) is 14.1 Å². The van der Waals surface area contributed by atoms with Crippen LogP contribution < -0.4 is 21.5 Å². The summed E-state index contributed by atoms with van der Waals surface area (Å²) in [5.74, 6) is 0.0482. The minimum absolute atomic E-state index is 0.0260. The fourth-order valence-electron chi connectivity index (χ4n) is 3.36. The van der Waals surface area contributed by atoms with Gasteiger partial charge >= 0.3 is 5.69 Å². The van der Waals surface area contributed by atoms with Crippen LogP contribution in [0.25, 0.3) is 11.2 Å². The summed E-state index contributed by atoms with van der Waals surface area (Å²) in [7, 11) is 3.02. The van der Waals surface area contributed by atoms with Crippen LogP contribution in [0, 0.1) is 5.82 Å². The van der Waals surface area contributed by atoms with Crippen molar-refractivity contribution in [3.8, 4) is 0 Å². The van der Waals surface area contributed by atoms with E-state index in [-0.39, 0.29) is 5.02 Å². The van der Waals surface area contributed by atoms with Crippen molar-refractivity contribution in [1.29, 1.82) is 0 Å². The Balaban J connectivity index is 1.47. The van der Waals surface area contributed by atoms with Crippen molar-refractivity contribution in [1.82, 2.24) is 24.0 Å². The lowest BCUT2D eigenvalue weighted by atomic mass is 10.3. The number of benzene rings is 1. The first-order valence-electron chi connectivity index (χ1n) is 9.18. The summed E-state index contributed by atoms with van der Waals surface area (Å²) in [6.45, 7) is 2.46. The first-order valence-corrected chi connectivity index (χ1v) is 9.96. The average molecular weight is 452 g/mol. The Bertz CT molecular complexity index is 1260. The van der Waals surface area contributed by atoms with Gasteiger partial charge in [0.15, 0.2) is 16.3 Å². The molecule has 3 heterocycles. The normalized spacial score (nSPS) is 14.4. The molecule has 0 unspecified atom stereocenters. The largest absolute Gasteiger partial charge is 0.345 e. The number of H-pyrrole nitrogens is 1. The minimum atomic E-state index is -0.486. The number of nitrogens with one attached hydrogen (secondary N) is 2. The molecule has 0 radical (unpaired) electrons. The van der Waals surface area contributed by atoms with E-state index < -0.39 is 17.1 Å². The molecule has 30 heavy (non-hydrogen) atoms. The number of thiocarbonyl (C=S) groups is 1. The Morgan fingerprint density at radius 3 is 2.57 bits per heavy atom. The number of hydrogen-bond acceptors (Lipinski definition) is 5. The summed E-state index contributed by atoms with van der Waals surface area (Å²) in [6.07, 6.45) is 0. The molecule has 4 rings (SSSR count). The standard InChI is InChI=1S/C18H19ClFN7O2S/c1-24-14-13(15(28)25(2)18(24)29)22-16(23-14)26-5-7-27(8-6-26)17(30)21-10-3-4-12(20)11(19)9-10/h3-4,9H,5-8H2,1-2H3,(H,21,30)(H,22,23). The molecule has 1 aliphatic heterocycles. The number of aromatic nitrogens is 4. The maximum Gasteiger partial charge on any atom is 0.332 e. The van der Waals surface area contributed by atoms with Gasteiger partial charge in [-0.1, -0.05) is 11.6 Å². The molecule has 1 fully saturated rings. The van der Waals surface area contributed by atoms with Gasteiger partial charge in [0.05, 0.1) is 5.02 Å². The van der Waals surface area contributed by atoms with Crippen LogP contribution in [0.5, 0.6) is 0 Å². The lowest BCUT2D eigenvalue weighted by Gasteiger charge is -2.36. The molecule has 158 valence electrons. The molecule has 0 aliphatic carbocycles. The lowest BCUT2D eigenvalue weighted by molar-refractivity contribution is 0.388. The minimum Gasteiger partial charge on any atom is -0.345 e. The third-order valence-electron chi connectivity index (χ3n) is 5.12. The summed E-state index contributed by atoms with van der Waals surface area (Å²) < 4.78 is 15.7. The molecule has 1 aromatic carbocycles. The van der Waals surface area contributed by atoms with Gasteiger partial charge in [-0.3, -0.25) is 13.9 Å². The van der Waals surface area contributed by atoms with Gasteiger partial charge in [0.1, 0.15) is 5.82 Å². The molecule has 0 spiro atoms. The topological polar surface area (TPSA) is 91.2 Å². The Labute approximate surface area is 180 Å². The van der Waals surface area contributed by atoms with Crippen LogP contribution in [0.15, 0.2) is 27.8 Å². The van der Waals surface area contributed by atoms with Gasteiger partial charge < -0.3 is 20.1 Å². The highest BCUT2D eigenvalue weighted by Crippen LogP contribution is 2.20. The number of aryl methyl sites for hydroxylation is 1. The molecule has 2 aromatic heterocycles. The number of fused-ring (bicyclic) bond motifs is 1. The molecule has 12 heteroatoms. The van der Waals surface area contributed by atoms with Gasteiger partial charge in [-0.05, 0) is 30.4 Å². The molecule has 0 saturated carbocycles. The lowest BCUT2D eigenvalue weighted by Crippen LogP contribution is -2.50. The highest BCUT2D eigenvalue weighted by Gasteiger charge is 2.23. The Morgan fingerprint density at radius 1 is 1.20 bits per heavy atom. The van der Waals surface area contributed by atoms with Gasteiger partial charge in [-0.15, -0.1) is 0 Å². The number of anilines is 2. The van der Waals surface area contributed by atoms with E-state index in [4.69, 9.17) is 23.8 Å². The number of imidazole rings is 1. The van der Waals surface area contributed by atoms with Crippen LogP contribution in [0.4, 0.5) is 16.0 Å². The first-order chi connectivity index (χ1) is 14.3. The highest BCUT2D eigenvalue weighted by molar-refractivity contribution is 7.80. The number of rotatable bonds is 2. The van der Waals surface area contributed by atoms with E-state index in [2.05, 4.69) is 15.3 Å². The van der Waals surface area contributed by atoms with Gasteiger partial charge in [0.25, 0.3) is 5.56 Å². The predicted octanol–water partition coefficient (Wildman–Crippen LogP) is 1.27. The average Bonchev–Trinajstić information content (AvgIpc) is 3.19. The Hall–Kier alpha value is -2.92. The maximum absolute atomic E-state index is 13.3. The molecule has 2 N–H and O–H groups in total. The maximum atomic E-state index is 13.3. The van der Waals surface area contributed by atoms with Crippen LogP contribution in [0.1, 0.15) is 0 Å². The van der Waals surface area contributed by atoms with E-state index in [1.807, 2.05) is 9.80 Å². The van der Waals surface area contributed by atoms with Gasteiger partial charge in [0, 0.05) is 46.0 Å². The van der Waals surface area contributed by atoms with E-state index in [1.54, 1.807) is 13.1 Å². The van der Waals surface area contributed by atoms with Gasteiger partial charge in [-0.25, -0.2) is 9.18 Å². The fourth-order valence-corrected chi connectivity index (χ4v) is 3.84. The van der Waals surface area contributed by atoms with E-state index in [1.165, 1.54) is 23.7 Å². The van der Waals surface area contributed by atoms with E-state index in [9.17, 15) is 14.0 Å². The number of nitrogens with zero attached hydrogens (tertiary/aromatic N) is 5. The van der Waals surface area contributed by atoms with Crippen LogP contribution in [-0.2, 0) is 14.1 Å². The van der Waals surface area contributed by atoms with Gasteiger partial charge in [0.2, 0.25) is 5.95 Å². The number of aromatic amines is 1. The third kappa shape index (κ3) is 3.54. The molecule has 9 nitrogen and oxygen atoms in total. The van der Waals surface area contributed by atoms with Crippen molar-refractivity contribution in [2.45, 2.75) is 0 Å². The van der Waals surface area contributed by atoms with Crippen LogP contribution in [0.2, 0.25) is 5.02 Å². The molecule has 1 aliphatic rings. The smallest absolute Gasteiger partial charge is 0.332 e. The van der Waals surface area contributed by atoms with Gasteiger partial charge in [-0.2, -0.15) is 4.98 Å². The Kier molecular flexibility index (Phi) is 5.24. The SMILES string of the molecule is Cn1c(=O)c2[nH]c(N3CCN(C(=S)Nc4ccc(F)c(Cl)c4)CC3)nc2n(C)c1=O.